The second-order valence-electron chi connectivity index (χ2n) is 5.98. The summed E-state index contributed by atoms with van der Waals surface area (Å²) in [5.41, 5.74) is -0.932. The number of rotatable bonds is 4. The van der Waals surface area contributed by atoms with Crippen LogP contribution in [-0.4, -0.2) is 55.0 Å². The average Bonchev–Trinajstić information content (AvgIpc) is 2.25. The molecule has 0 aromatic rings. The van der Waals surface area contributed by atoms with Crippen LogP contribution in [0, 0.1) is 5.41 Å². The van der Waals surface area contributed by atoms with Crippen LogP contribution in [0.4, 0.5) is 8.78 Å². The van der Waals surface area contributed by atoms with E-state index in [1.54, 1.807) is 20.8 Å². The van der Waals surface area contributed by atoms with Gasteiger partial charge in [0.05, 0.1) is 0 Å². The Morgan fingerprint density at radius 2 is 1.41 bits per heavy atom. The van der Waals surface area contributed by atoms with Gasteiger partial charge >= 0.3 is 0 Å². The van der Waals surface area contributed by atoms with Gasteiger partial charge in [0.25, 0.3) is 5.92 Å². The van der Waals surface area contributed by atoms with E-state index in [0.717, 1.165) is 32.7 Å². The largest absolute Gasteiger partial charge is 0.301 e. The van der Waals surface area contributed by atoms with Crippen LogP contribution >= 0.6 is 0 Å². The van der Waals surface area contributed by atoms with Gasteiger partial charge in [-0.1, -0.05) is 27.7 Å². The second kappa shape index (κ2) is 5.61. The predicted molar refractivity (Wildman–Crippen MR) is 67.6 cm³/mol. The van der Waals surface area contributed by atoms with Gasteiger partial charge in [-0.2, -0.15) is 0 Å². The topological polar surface area (TPSA) is 6.48 Å². The van der Waals surface area contributed by atoms with E-state index in [1.807, 2.05) is 0 Å². The maximum absolute atomic E-state index is 13.8. The van der Waals surface area contributed by atoms with E-state index >= 15 is 0 Å². The monoisotopic (exact) mass is 248 g/mol. The lowest BCUT2D eigenvalue weighted by atomic mass is 9.86. The van der Waals surface area contributed by atoms with E-state index in [1.165, 1.54) is 0 Å². The molecule has 1 fully saturated rings. The molecule has 1 aliphatic heterocycles. The predicted octanol–water partition coefficient (Wildman–Crippen LogP) is 2.70. The Hall–Kier alpha value is -0.220. The van der Waals surface area contributed by atoms with Gasteiger partial charge < -0.3 is 9.80 Å². The first-order chi connectivity index (χ1) is 7.76. The highest BCUT2D eigenvalue weighted by Gasteiger charge is 2.42. The summed E-state index contributed by atoms with van der Waals surface area (Å²) in [5.74, 6) is -2.57. The number of halogens is 2. The van der Waals surface area contributed by atoms with Gasteiger partial charge in [0.1, 0.15) is 0 Å². The summed E-state index contributed by atoms with van der Waals surface area (Å²) in [6.07, 6.45) is -0.0252. The zero-order chi connectivity index (χ0) is 13.1. The number of nitrogens with zero attached hydrogens (tertiary/aromatic N) is 2. The van der Waals surface area contributed by atoms with E-state index < -0.39 is 11.3 Å². The third-order valence-electron chi connectivity index (χ3n) is 3.75. The first-order valence-corrected chi connectivity index (χ1v) is 6.59. The highest BCUT2D eigenvalue weighted by atomic mass is 19.3. The van der Waals surface area contributed by atoms with Crippen LogP contribution in [0.1, 0.15) is 34.1 Å². The maximum Gasteiger partial charge on any atom is 0.254 e. The Morgan fingerprint density at radius 1 is 0.941 bits per heavy atom. The van der Waals surface area contributed by atoms with Crippen molar-refractivity contribution in [3.05, 3.63) is 0 Å². The van der Waals surface area contributed by atoms with E-state index in [2.05, 4.69) is 16.7 Å². The highest BCUT2D eigenvalue weighted by molar-refractivity contribution is 4.83. The van der Waals surface area contributed by atoms with E-state index in [-0.39, 0.29) is 6.42 Å². The molecule has 2 nitrogen and oxygen atoms in total. The fraction of sp³-hybridized carbons (Fsp3) is 1.00. The number of hydrogen-bond acceptors (Lipinski definition) is 2. The maximum atomic E-state index is 13.8. The van der Waals surface area contributed by atoms with Gasteiger partial charge in [-0.15, -0.1) is 0 Å². The molecule has 1 saturated heterocycles. The van der Waals surface area contributed by atoms with Gasteiger partial charge in [0.2, 0.25) is 0 Å². The number of hydrogen-bond donors (Lipinski definition) is 0. The SMILES string of the molecule is CCN1CCN(CCC(F)(F)C(C)(C)C)CC1. The van der Waals surface area contributed by atoms with Crippen LogP contribution < -0.4 is 0 Å². The lowest BCUT2D eigenvalue weighted by Gasteiger charge is -2.36. The fourth-order valence-corrected chi connectivity index (χ4v) is 2.00. The minimum atomic E-state index is -2.57. The van der Waals surface area contributed by atoms with Crippen LogP contribution in [0.5, 0.6) is 0 Å². The molecule has 0 N–H and O–H groups in total. The molecule has 0 saturated carbocycles. The van der Waals surface area contributed by atoms with E-state index in [9.17, 15) is 8.78 Å². The molecule has 0 amide bonds. The van der Waals surface area contributed by atoms with Crippen molar-refractivity contribution in [2.45, 2.75) is 40.0 Å². The summed E-state index contributed by atoms with van der Waals surface area (Å²) < 4.78 is 27.6. The van der Waals surface area contributed by atoms with Crippen molar-refractivity contribution >= 4 is 0 Å². The first kappa shape index (κ1) is 14.8. The third-order valence-corrected chi connectivity index (χ3v) is 3.75. The minimum absolute atomic E-state index is 0.0252. The van der Waals surface area contributed by atoms with Crippen LogP contribution in [0.25, 0.3) is 0 Å². The van der Waals surface area contributed by atoms with Gasteiger partial charge in [-0.25, -0.2) is 8.78 Å². The van der Waals surface area contributed by atoms with Crippen molar-refractivity contribution in [2.24, 2.45) is 5.41 Å². The molecule has 17 heavy (non-hydrogen) atoms. The molecule has 0 aromatic carbocycles. The highest BCUT2D eigenvalue weighted by Crippen LogP contribution is 2.38. The Kier molecular flexibility index (Phi) is 4.90. The standard InChI is InChI=1S/C13H26F2N2/c1-5-16-8-10-17(11-9-16)7-6-13(14,15)12(2,3)4/h5-11H2,1-4H3. The Labute approximate surface area is 104 Å². The molecule has 1 aliphatic rings. The number of alkyl halides is 2. The summed E-state index contributed by atoms with van der Waals surface area (Å²) in [6, 6.07) is 0. The van der Waals surface area contributed by atoms with E-state index in [4.69, 9.17) is 0 Å². The molecule has 0 bridgehead atoms. The average molecular weight is 248 g/mol. The van der Waals surface area contributed by atoms with Gasteiger partial charge in [0.15, 0.2) is 0 Å². The zero-order valence-corrected chi connectivity index (χ0v) is 11.6. The van der Waals surface area contributed by atoms with Crippen LogP contribution in [0.3, 0.4) is 0 Å². The molecule has 102 valence electrons. The third kappa shape index (κ3) is 4.18. The molecule has 0 aliphatic carbocycles. The Balaban J connectivity index is 2.33. The lowest BCUT2D eigenvalue weighted by Crippen LogP contribution is -2.48. The van der Waals surface area contributed by atoms with Crippen molar-refractivity contribution in [2.75, 3.05) is 39.3 Å². The van der Waals surface area contributed by atoms with Crippen LogP contribution in [0.2, 0.25) is 0 Å². The molecular formula is C13H26F2N2. The van der Waals surface area contributed by atoms with Crippen molar-refractivity contribution in [1.82, 2.24) is 9.80 Å². The van der Waals surface area contributed by atoms with Crippen LogP contribution in [-0.2, 0) is 0 Å². The zero-order valence-electron chi connectivity index (χ0n) is 11.6. The molecule has 1 heterocycles. The summed E-state index contributed by atoms with van der Waals surface area (Å²) in [5, 5.41) is 0. The Bertz CT molecular complexity index is 228. The molecule has 0 unspecified atom stereocenters. The summed E-state index contributed by atoms with van der Waals surface area (Å²) in [6.45, 7) is 12.4. The molecular weight excluding hydrogens is 222 g/mol. The molecule has 0 atom stereocenters. The number of likely N-dealkylation sites (N-methyl/N-ethyl adjacent to an activating group) is 1. The summed E-state index contributed by atoms with van der Waals surface area (Å²) in [4.78, 5) is 4.52. The van der Waals surface area contributed by atoms with E-state index in [0.29, 0.717) is 6.54 Å². The van der Waals surface area contributed by atoms with Crippen molar-refractivity contribution in [3.8, 4) is 0 Å². The van der Waals surface area contributed by atoms with Crippen molar-refractivity contribution in [1.29, 1.82) is 0 Å². The first-order valence-electron chi connectivity index (χ1n) is 6.59. The fourth-order valence-electron chi connectivity index (χ4n) is 2.00. The van der Waals surface area contributed by atoms with Crippen molar-refractivity contribution < 1.29 is 8.78 Å². The molecule has 0 radical (unpaired) electrons. The van der Waals surface area contributed by atoms with Gasteiger partial charge in [-0.05, 0) is 6.54 Å². The Morgan fingerprint density at radius 3 is 1.82 bits per heavy atom. The van der Waals surface area contributed by atoms with Crippen LogP contribution in [0.15, 0.2) is 0 Å². The van der Waals surface area contributed by atoms with Gasteiger partial charge in [-0.3, -0.25) is 0 Å². The quantitative estimate of drug-likeness (QED) is 0.755. The lowest BCUT2D eigenvalue weighted by molar-refractivity contribution is -0.108. The minimum Gasteiger partial charge on any atom is -0.301 e. The molecule has 4 heteroatoms. The molecule has 0 spiro atoms. The molecule has 1 rings (SSSR count). The second-order valence-corrected chi connectivity index (χ2v) is 5.98. The van der Waals surface area contributed by atoms with Crippen molar-refractivity contribution in [3.63, 3.8) is 0 Å². The smallest absolute Gasteiger partial charge is 0.254 e. The normalized spacial score (nSPS) is 20.8. The molecule has 0 aromatic heterocycles. The number of piperazine rings is 1. The summed E-state index contributed by atoms with van der Waals surface area (Å²) >= 11 is 0. The summed E-state index contributed by atoms with van der Waals surface area (Å²) in [7, 11) is 0. The van der Waals surface area contributed by atoms with Gasteiger partial charge in [0, 0.05) is 44.6 Å².